The Morgan fingerprint density at radius 1 is 1.37 bits per heavy atom. The molecule has 1 aliphatic heterocycles. The van der Waals surface area contributed by atoms with Crippen molar-refractivity contribution in [3.8, 4) is 5.75 Å². The van der Waals surface area contributed by atoms with Crippen LogP contribution in [0.2, 0.25) is 5.02 Å². The Morgan fingerprint density at radius 2 is 2.07 bits per heavy atom. The zero-order chi connectivity index (χ0) is 17.8. The summed E-state index contributed by atoms with van der Waals surface area (Å²) in [5.74, 6) is 0.693. The van der Waals surface area contributed by atoms with Gasteiger partial charge in [0.2, 0.25) is 0 Å². The zero-order valence-corrected chi connectivity index (χ0v) is 18.4. The number of aromatic nitrogens is 1. The van der Waals surface area contributed by atoms with Gasteiger partial charge in [0.25, 0.3) is 5.91 Å². The largest absolute Gasteiger partial charge is 0.486 e. The van der Waals surface area contributed by atoms with E-state index < -0.39 is 0 Å². The summed E-state index contributed by atoms with van der Waals surface area (Å²) in [7, 11) is 0. The number of aryl methyl sites for hydroxylation is 1. The molecule has 1 aliphatic rings. The maximum absolute atomic E-state index is 12.5. The number of benzene rings is 1. The second kappa shape index (κ2) is 11.1. The van der Waals surface area contributed by atoms with E-state index in [0.717, 1.165) is 35.8 Å². The van der Waals surface area contributed by atoms with E-state index in [0.29, 0.717) is 22.5 Å². The van der Waals surface area contributed by atoms with Gasteiger partial charge in [-0.25, -0.2) is 4.98 Å². The first-order valence-corrected chi connectivity index (χ1v) is 9.59. The van der Waals surface area contributed by atoms with Gasteiger partial charge in [-0.05, 0) is 57.5 Å². The molecule has 1 saturated heterocycles. The van der Waals surface area contributed by atoms with E-state index >= 15 is 0 Å². The van der Waals surface area contributed by atoms with E-state index in [4.69, 9.17) is 16.3 Å². The van der Waals surface area contributed by atoms with Gasteiger partial charge in [-0.15, -0.1) is 36.2 Å². The van der Waals surface area contributed by atoms with Crippen LogP contribution in [0, 0.1) is 6.92 Å². The van der Waals surface area contributed by atoms with Crippen LogP contribution in [0.25, 0.3) is 0 Å². The monoisotopic (exact) mass is 451 g/mol. The fraction of sp³-hybridized carbons (Fsp3) is 0.444. The molecule has 1 amide bonds. The number of hydrogen-bond acceptors (Lipinski definition) is 5. The van der Waals surface area contributed by atoms with Crippen LogP contribution in [-0.2, 0) is 6.61 Å². The molecule has 1 fully saturated rings. The number of rotatable bonds is 5. The molecule has 1 aromatic carbocycles. The first kappa shape index (κ1) is 24.0. The number of carbonyl (C=O) groups excluding carboxylic acids is 1. The molecule has 5 nitrogen and oxygen atoms in total. The van der Waals surface area contributed by atoms with E-state index in [1.165, 1.54) is 11.3 Å². The minimum atomic E-state index is -0.0353. The van der Waals surface area contributed by atoms with Crippen molar-refractivity contribution >= 4 is 53.7 Å². The van der Waals surface area contributed by atoms with E-state index in [2.05, 4.69) is 22.5 Å². The summed E-state index contributed by atoms with van der Waals surface area (Å²) in [6, 6.07) is 7.85. The predicted molar refractivity (Wildman–Crippen MR) is 115 cm³/mol. The molecule has 0 radical (unpaired) electrons. The predicted octanol–water partition coefficient (Wildman–Crippen LogP) is 4.40. The van der Waals surface area contributed by atoms with Gasteiger partial charge in [-0.3, -0.25) is 4.79 Å². The molecule has 150 valence electrons. The summed E-state index contributed by atoms with van der Waals surface area (Å²) < 4.78 is 5.71. The molecule has 2 heterocycles. The highest BCUT2D eigenvalue weighted by molar-refractivity contribution is 7.13. The van der Waals surface area contributed by atoms with Crippen molar-refractivity contribution in [3.63, 3.8) is 0 Å². The molecule has 0 aliphatic carbocycles. The molecule has 3 rings (SSSR count). The van der Waals surface area contributed by atoms with Crippen molar-refractivity contribution in [1.82, 2.24) is 15.6 Å². The number of halogens is 3. The second-order valence-electron chi connectivity index (χ2n) is 6.31. The molecular weight excluding hydrogens is 429 g/mol. The van der Waals surface area contributed by atoms with Gasteiger partial charge in [0.05, 0.1) is 5.69 Å². The van der Waals surface area contributed by atoms with Gasteiger partial charge in [-0.2, -0.15) is 0 Å². The SMILES string of the molecule is Cc1nc(COc2ccc(Cl)cc2)sc1C(=O)NC1CCNC(C)C1.Cl.Cl. The summed E-state index contributed by atoms with van der Waals surface area (Å²) in [4.78, 5) is 17.7. The highest BCUT2D eigenvalue weighted by atomic mass is 35.5. The number of nitrogens with zero attached hydrogens (tertiary/aromatic N) is 1. The average Bonchev–Trinajstić information content (AvgIpc) is 2.95. The summed E-state index contributed by atoms with van der Waals surface area (Å²) in [6.07, 6.45) is 1.91. The van der Waals surface area contributed by atoms with E-state index in [1.54, 1.807) is 12.1 Å². The zero-order valence-electron chi connectivity index (χ0n) is 15.2. The highest BCUT2D eigenvalue weighted by Crippen LogP contribution is 2.22. The Balaban J connectivity index is 0.00000182. The smallest absolute Gasteiger partial charge is 0.263 e. The van der Waals surface area contributed by atoms with Crippen LogP contribution in [0.1, 0.15) is 40.1 Å². The van der Waals surface area contributed by atoms with Gasteiger partial charge in [0.15, 0.2) is 0 Å². The number of carbonyl (C=O) groups is 1. The van der Waals surface area contributed by atoms with Crippen LogP contribution in [-0.4, -0.2) is 29.5 Å². The van der Waals surface area contributed by atoms with Gasteiger partial charge in [0, 0.05) is 17.1 Å². The lowest BCUT2D eigenvalue weighted by Crippen LogP contribution is -2.46. The first-order valence-electron chi connectivity index (χ1n) is 8.40. The Morgan fingerprint density at radius 3 is 2.74 bits per heavy atom. The molecule has 2 atom stereocenters. The van der Waals surface area contributed by atoms with Gasteiger partial charge < -0.3 is 15.4 Å². The van der Waals surface area contributed by atoms with Crippen LogP contribution in [0.3, 0.4) is 0 Å². The van der Waals surface area contributed by atoms with Gasteiger partial charge in [0.1, 0.15) is 22.2 Å². The molecule has 0 saturated carbocycles. The summed E-state index contributed by atoms with van der Waals surface area (Å²) >= 11 is 7.25. The summed E-state index contributed by atoms with van der Waals surface area (Å²) in [6.45, 7) is 5.28. The normalized spacial score (nSPS) is 18.8. The third-order valence-electron chi connectivity index (χ3n) is 4.18. The topological polar surface area (TPSA) is 63.2 Å². The maximum Gasteiger partial charge on any atom is 0.263 e. The maximum atomic E-state index is 12.5. The average molecular weight is 453 g/mol. The third-order valence-corrected chi connectivity index (χ3v) is 5.56. The molecule has 0 bridgehead atoms. The Labute approximate surface area is 181 Å². The number of amides is 1. The van der Waals surface area contributed by atoms with Crippen LogP contribution in [0.15, 0.2) is 24.3 Å². The van der Waals surface area contributed by atoms with Gasteiger partial charge in [-0.1, -0.05) is 11.6 Å². The molecule has 9 heteroatoms. The van der Waals surface area contributed by atoms with Crippen molar-refractivity contribution < 1.29 is 9.53 Å². The van der Waals surface area contributed by atoms with E-state index in [1.807, 2.05) is 19.1 Å². The summed E-state index contributed by atoms with van der Waals surface area (Å²) in [5.41, 5.74) is 0.749. The minimum Gasteiger partial charge on any atom is -0.486 e. The third kappa shape index (κ3) is 6.80. The lowest BCUT2D eigenvalue weighted by molar-refractivity contribution is 0.0929. The van der Waals surface area contributed by atoms with E-state index in [9.17, 15) is 4.79 Å². The van der Waals surface area contributed by atoms with E-state index in [-0.39, 0.29) is 36.8 Å². The number of piperidine rings is 1. The van der Waals surface area contributed by atoms with Crippen molar-refractivity contribution in [2.75, 3.05) is 6.54 Å². The lowest BCUT2D eigenvalue weighted by atomic mass is 10.0. The number of ether oxygens (including phenoxy) is 1. The standard InChI is InChI=1S/C18H22ClN3O2S.2ClH/c1-11-9-14(7-8-20-11)22-18(23)17-12(2)21-16(25-17)10-24-15-5-3-13(19)4-6-15;;/h3-6,11,14,20H,7-10H2,1-2H3,(H,22,23);2*1H. The Bertz CT molecular complexity index is 740. The van der Waals surface area contributed by atoms with Crippen LogP contribution >= 0.6 is 47.8 Å². The molecule has 2 aromatic rings. The highest BCUT2D eigenvalue weighted by Gasteiger charge is 2.23. The fourth-order valence-electron chi connectivity index (χ4n) is 2.91. The van der Waals surface area contributed by atoms with Crippen LogP contribution < -0.4 is 15.4 Å². The molecule has 27 heavy (non-hydrogen) atoms. The lowest BCUT2D eigenvalue weighted by Gasteiger charge is -2.28. The number of nitrogens with one attached hydrogen (secondary N) is 2. The first-order chi connectivity index (χ1) is 12.0. The number of thiazole rings is 1. The van der Waals surface area contributed by atoms with Crippen molar-refractivity contribution in [2.24, 2.45) is 0 Å². The van der Waals surface area contributed by atoms with Crippen molar-refractivity contribution in [2.45, 2.75) is 45.4 Å². The fourth-order valence-corrected chi connectivity index (χ4v) is 3.92. The van der Waals surface area contributed by atoms with Crippen molar-refractivity contribution in [3.05, 3.63) is 44.9 Å². The Kier molecular flexibility index (Phi) is 9.84. The molecular formula is C18H24Cl3N3O2S. The van der Waals surface area contributed by atoms with Gasteiger partial charge >= 0.3 is 0 Å². The molecule has 1 aromatic heterocycles. The van der Waals surface area contributed by atoms with Crippen LogP contribution in [0.5, 0.6) is 5.75 Å². The number of hydrogen-bond donors (Lipinski definition) is 2. The quantitative estimate of drug-likeness (QED) is 0.706. The van der Waals surface area contributed by atoms with Crippen LogP contribution in [0.4, 0.5) is 0 Å². The van der Waals surface area contributed by atoms with Crippen molar-refractivity contribution in [1.29, 1.82) is 0 Å². The second-order valence-corrected chi connectivity index (χ2v) is 7.83. The molecule has 0 spiro atoms. The Hall–Kier alpha value is -1.05. The molecule has 2 unspecified atom stereocenters. The minimum absolute atomic E-state index is 0. The summed E-state index contributed by atoms with van der Waals surface area (Å²) in [5, 5.41) is 7.98. The molecule has 2 N–H and O–H groups in total.